The van der Waals surface area contributed by atoms with Crippen molar-refractivity contribution in [3.63, 3.8) is 0 Å². The number of amides is 2. The molecule has 2 aromatic carbocycles. The standard InChI is InChI=1S/C20H18N2O4/c1-12(23)17-18(14-6-4-3-5-7-14)22(20(26)19(17)25)16-10-8-15(9-11-16)21-13(2)24/h3-11,18,25H,1-2H3,(H,21,24)/t18-/m1/s1. The Kier molecular flexibility index (Phi) is 4.58. The predicted molar refractivity (Wildman–Crippen MR) is 97.8 cm³/mol. The van der Waals surface area contributed by atoms with Gasteiger partial charge in [0.2, 0.25) is 5.91 Å². The van der Waals surface area contributed by atoms with Gasteiger partial charge in [-0.2, -0.15) is 0 Å². The normalized spacial score (nSPS) is 16.8. The van der Waals surface area contributed by atoms with Crippen molar-refractivity contribution >= 4 is 29.0 Å². The van der Waals surface area contributed by atoms with Crippen molar-refractivity contribution in [2.45, 2.75) is 19.9 Å². The van der Waals surface area contributed by atoms with Gasteiger partial charge in [-0.05, 0) is 36.8 Å². The van der Waals surface area contributed by atoms with Crippen molar-refractivity contribution in [1.82, 2.24) is 0 Å². The minimum Gasteiger partial charge on any atom is -0.503 e. The van der Waals surface area contributed by atoms with Crippen LogP contribution >= 0.6 is 0 Å². The number of rotatable bonds is 4. The maximum atomic E-state index is 12.7. The Bertz CT molecular complexity index is 901. The quantitative estimate of drug-likeness (QED) is 0.887. The van der Waals surface area contributed by atoms with E-state index < -0.39 is 17.7 Å². The summed E-state index contributed by atoms with van der Waals surface area (Å²) in [6, 6.07) is 15.0. The van der Waals surface area contributed by atoms with Crippen molar-refractivity contribution in [1.29, 1.82) is 0 Å². The van der Waals surface area contributed by atoms with Gasteiger partial charge in [0.25, 0.3) is 5.91 Å². The lowest BCUT2D eigenvalue weighted by Crippen LogP contribution is -2.30. The highest BCUT2D eigenvalue weighted by molar-refractivity contribution is 6.16. The number of hydrogen-bond donors (Lipinski definition) is 2. The third-order valence-electron chi connectivity index (χ3n) is 4.17. The number of benzene rings is 2. The summed E-state index contributed by atoms with van der Waals surface area (Å²) in [4.78, 5) is 37.3. The number of ketones is 1. The Balaban J connectivity index is 2.06. The molecule has 0 unspecified atom stereocenters. The van der Waals surface area contributed by atoms with Crippen LogP contribution in [0.2, 0.25) is 0 Å². The molecule has 0 aliphatic carbocycles. The molecule has 0 aromatic heterocycles. The molecule has 6 nitrogen and oxygen atoms in total. The minimum absolute atomic E-state index is 0.0761. The number of carbonyl (C=O) groups excluding carboxylic acids is 3. The first-order valence-corrected chi connectivity index (χ1v) is 8.10. The molecule has 1 aliphatic heterocycles. The largest absolute Gasteiger partial charge is 0.503 e. The molecule has 0 saturated heterocycles. The zero-order valence-electron chi connectivity index (χ0n) is 14.4. The van der Waals surface area contributed by atoms with Gasteiger partial charge in [-0.25, -0.2) is 0 Å². The molecule has 0 bridgehead atoms. The maximum Gasteiger partial charge on any atom is 0.294 e. The summed E-state index contributed by atoms with van der Waals surface area (Å²) < 4.78 is 0. The Morgan fingerprint density at radius 3 is 2.15 bits per heavy atom. The van der Waals surface area contributed by atoms with E-state index in [2.05, 4.69) is 5.32 Å². The summed E-state index contributed by atoms with van der Waals surface area (Å²) in [7, 11) is 0. The second-order valence-corrected chi connectivity index (χ2v) is 6.03. The number of nitrogens with zero attached hydrogens (tertiary/aromatic N) is 1. The van der Waals surface area contributed by atoms with E-state index >= 15 is 0 Å². The average molecular weight is 350 g/mol. The van der Waals surface area contributed by atoms with Crippen LogP contribution in [-0.2, 0) is 14.4 Å². The maximum absolute atomic E-state index is 12.7. The molecular formula is C20H18N2O4. The highest BCUT2D eigenvalue weighted by atomic mass is 16.3. The number of aliphatic hydroxyl groups is 1. The van der Waals surface area contributed by atoms with Crippen molar-refractivity contribution in [2.75, 3.05) is 10.2 Å². The van der Waals surface area contributed by atoms with Gasteiger partial charge in [0, 0.05) is 18.3 Å². The van der Waals surface area contributed by atoms with E-state index in [1.807, 2.05) is 18.2 Å². The second-order valence-electron chi connectivity index (χ2n) is 6.03. The molecule has 6 heteroatoms. The number of carbonyl (C=O) groups is 3. The third kappa shape index (κ3) is 3.09. The van der Waals surface area contributed by atoms with Gasteiger partial charge in [0.15, 0.2) is 11.5 Å². The van der Waals surface area contributed by atoms with Crippen LogP contribution in [0.15, 0.2) is 65.9 Å². The van der Waals surface area contributed by atoms with Gasteiger partial charge in [0.05, 0.1) is 11.6 Å². The third-order valence-corrected chi connectivity index (χ3v) is 4.17. The molecule has 2 aromatic rings. The zero-order chi connectivity index (χ0) is 18.8. The lowest BCUT2D eigenvalue weighted by atomic mass is 9.96. The Hall–Kier alpha value is -3.41. The highest BCUT2D eigenvalue weighted by Gasteiger charge is 2.43. The number of hydrogen-bond acceptors (Lipinski definition) is 4. The van der Waals surface area contributed by atoms with Crippen LogP contribution in [0.3, 0.4) is 0 Å². The summed E-state index contributed by atoms with van der Waals surface area (Å²) >= 11 is 0. The van der Waals surface area contributed by atoms with E-state index in [9.17, 15) is 19.5 Å². The molecule has 0 radical (unpaired) electrons. The Morgan fingerprint density at radius 2 is 1.62 bits per heavy atom. The van der Waals surface area contributed by atoms with E-state index in [0.717, 1.165) is 5.56 Å². The summed E-state index contributed by atoms with van der Waals surface area (Å²) in [6.07, 6.45) is 0. The van der Waals surface area contributed by atoms with E-state index in [-0.39, 0.29) is 17.3 Å². The molecular weight excluding hydrogens is 332 g/mol. The van der Waals surface area contributed by atoms with Crippen LogP contribution in [0.5, 0.6) is 0 Å². The molecule has 26 heavy (non-hydrogen) atoms. The van der Waals surface area contributed by atoms with E-state index in [1.165, 1.54) is 18.7 Å². The van der Waals surface area contributed by atoms with Gasteiger partial charge < -0.3 is 10.4 Å². The molecule has 2 amide bonds. The van der Waals surface area contributed by atoms with Crippen molar-refractivity contribution < 1.29 is 19.5 Å². The van der Waals surface area contributed by atoms with Crippen LogP contribution < -0.4 is 10.2 Å². The topological polar surface area (TPSA) is 86.7 Å². The molecule has 132 valence electrons. The lowest BCUT2D eigenvalue weighted by Gasteiger charge is -2.26. The Labute approximate surface area is 150 Å². The van der Waals surface area contributed by atoms with E-state index in [4.69, 9.17) is 0 Å². The number of nitrogens with one attached hydrogen (secondary N) is 1. The fourth-order valence-electron chi connectivity index (χ4n) is 3.09. The SMILES string of the molecule is CC(=O)Nc1ccc(N2C(=O)C(O)=C(C(C)=O)[C@H]2c2ccccc2)cc1. The zero-order valence-corrected chi connectivity index (χ0v) is 14.4. The van der Waals surface area contributed by atoms with Gasteiger partial charge in [-0.3, -0.25) is 19.3 Å². The summed E-state index contributed by atoms with van der Waals surface area (Å²) in [5.74, 6) is -1.72. The first-order valence-electron chi connectivity index (χ1n) is 8.10. The van der Waals surface area contributed by atoms with Gasteiger partial charge in [0.1, 0.15) is 0 Å². The van der Waals surface area contributed by atoms with Gasteiger partial charge in [-0.1, -0.05) is 30.3 Å². The molecule has 0 saturated carbocycles. The highest BCUT2D eigenvalue weighted by Crippen LogP contribution is 2.40. The van der Waals surface area contributed by atoms with Crippen LogP contribution in [-0.4, -0.2) is 22.7 Å². The number of Topliss-reactive ketones (excluding diaryl/α,β-unsaturated/α-hetero) is 1. The van der Waals surface area contributed by atoms with Crippen LogP contribution in [0, 0.1) is 0 Å². The smallest absolute Gasteiger partial charge is 0.294 e. The van der Waals surface area contributed by atoms with Crippen LogP contribution in [0.25, 0.3) is 0 Å². The summed E-state index contributed by atoms with van der Waals surface area (Å²) in [5.41, 5.74) is 1.90. The number of anilines is 2. The molecule has 3 rings (SSSR count). The first-order chi connectivity index (χ1) is 12.4. The summed E-state index contributed by atoms with van der Waals surface area (Å²) in [6.45, 7) is 2.74. The molecule has 2 N–H and O–H groups in total. The summed E-state index contributed by atoms with van der Waals surface area (Å²) in [5, 5.41) is 12.9. The lowest BCUT2D eigenvalue weighted by molar-refractivity contribution is -0.117. The van der Waals surface area contributed by atoms with E-state index in [1.54, 1.807) is 36.4 Å². The van der Waals surface area contributed by atoms with E-state index in [0.29, 0.717) is 11.4 Å². The fourth-order valence-corrected chi connectivity index (χ4v) is 3.09. The molecule has 1 heterocycles. The van der Waals surface area contributed by atoms with Crippen molar-refractivity contribution in [3.8, 4) is 0 Å². The van der Waals surface area contributed by atoms with Gasteiger partial charge >= 0.3 is 0 Å². The van der Waals surface area contributed by atoms with Crippen molar-refractivity contribution in [3.05, 3.63) is 71.5 Å². The van der Waals surface area contributed by atoms with Gasteiger partial charge in [-0.15, -0.1) is 0 Å². The molecule has 1 atom stereocenters. The monoisotopic (exact) mass is 350 g/mol. The number of aliphatic hydroxyl groups excluding tert-OH is 1. The van der Waals surface area contributed by atoms with Crippen LogP contribution in [0.1, 0.15) is 25.5 Å². The van der Waals surface area contributed by atoms with Crippen molar-refractivity contribution in [2.24, 2.45) is 0 Å². The second kappa shape index (κ2) is 6.84. The van der Waals surface area contributed by atoms with Crippen LogP contribution in [0.4, 0.5) is 11.4 Å². The average Bonchev–Trinajstić information content (AvgIpc) is 2.88. The minimum atomic E-state index is -0.701. The Morgan fingerprint density at radius 1 is 1.00 bits per heavy atom. The molecule has 0 fully saturated rings. The fraction of sp³-hybridized carbons (Fsp3) is 0.150. The first kappa shape index (κ1) is 17.4. The predicted octanol–water partition coefficient (Wildman–Crippen LogP) is 3.13. The molecule has 0 spiro atoms. The molecule has 1 aliphatic rings.